The number of piperidine rings is 1. The number of carbonyl (C=O) groups excluding carboxylic acids is 1. The highest BCUT2D eigenvalue weighted by Gasteiger charge is 2.30. The van der Waals surface area contributed by atoms with Crippen LogP contribution >= 0.6 is 0 Å². The fourth-order valence-corrected chi connectivity index (χ4v) is 5.76. The van der Waals surface area contributed by atoms with Crippen LogP contribution < -0.4 is 11.1 Å². The van der Waals surface area contributed by atoms with Crippen molar-refractivity contribution in [2.45, 2.75) is 50.6 Å². The van der Waals surface area contributed by atoms with Gasteiger partial charge < -0.3 is 9.73 Å². The predicted octanol–water partition coefficient (Wildman–Crippen LogP) is 3.11. The third kappa shape index (κ3) is 5.20. The Kier molecular flexibility index (Phi) is 6.99. The van der Waals surface area contributed by atoms with Crippen molar-refractivity contribution in [2.24, 2.45) is 5.92 Å². The molecule has 1 amide bonds. The highest BCUT2D eigenvalue weighted by atomic mass is 32.2. The number of nitrogens with one attached hydrogen (secondary N) is 1. The number of rotatable bonds is 8. The normalized spacial score (nSPS) is 15.7. The van der Waals surface area contributed by atoms with E-state index in [4.69, 9.17) is 4.42 Å². The van der Waals surface area contributed by atoms with Gasteiger partial charge in [0.05, 0.1) is 10.4 Å². The van der Waals surface area contributed by atoms with Gasteiger partial charge in [-0.05, 0) is 42.9 Å². The van der Waals surface area contributed by atoms with E-state index in [1.54, 1.807) is 6.07 Å². The van der Waals surface area contributed by atoms with Crippen LogP contribution in [0.5, 0.6) is 0 Å². The Labute approximate surface area is 193 Å². The maximum atomic E-state index is 13.2. The van der Waals surface area contributed by atoms with Crippen molar-refractivity contribution in [3.8, 4) is 0 Å². The van der Waals surface area contributed by atoms with Gasteiger partial charge in [-0.2, -0.15) is 4.31 Å². The maximum absolute atomic E-state index is 13.2. The summed E-state index contributed by atoms with van der Waals surface area (Å²) in [4.78, 5) is 24.5. The molecule has 0 aliphatic carbocycles. The lowest BCUT2D eigenvalue weighted by Gasteiger charge is -2.31. The number of aryl methyl sites for hydroxylation is 1. The topological polar surface area (TPSA) is 102 Å². The van der Waals surface area contributed by atoms with Gasteiger partial charge in [0, 0.05) is 38.7 Å². The average molecular weight is 472 g/mol. The van der Waals surface area contributed by atoms with E-state index in [0.717, 1.165) is 12.0 Å². The van der Waals surface area contributed by atoms with Gasteiger partial charge in [-0.3, -0.25) is 9.36 Å². The van der Waals surface area contributed by atoms with Crippen LogP contribution in [0.1, 0.15) is 38.2 Å². The summed E-state index contributed by atoms with van der Waals surface area (Å²) in [5.74, 6) is -0.346. The van der Waals surface area contributed by atoms with Gasteiger partial charge in [-0.15, -0.1) is 0 Å². The summed E-state index contributed by atoms with van der Waals surface area (Å²) in [6.07, 6.45) is 2.42. The van der Waals surface area contributed by atoms with Crippen molar-refractivity contribution in [1.29, 1.82) is 0 Å². The summed E-state index contributed by atoms with van der Waals surface area (Å²) in [6, 6.07) is 14.3. The first-order valence-electron chi connectivity index (χ1n) is 11.3. The SMILES string of the molecule is CCCn1c(=O)oc2cc(S(=O)(=O)N3CCC(CC(=O)NCc4ccccc4)CC3)ccc21. The second-order valence-corrected chi connectivity index (χ2v) is 10.4. The Bertz CT molecular complexity index is 1270. The van der Waals surface area contributed by atoms with Crippen LogP contribution in [0.15, 0.2) is 62.6 Å². The Balaban J connectivity index is 1.35. The molecule has 1 aliphatic rings. The minimum atomic E-state index is -3.71. The van der Waals surface area contributed by atoms with Crippen LogP contribution in [0, 0.1) is 5.92 Å². The highest BCUT2D eigenvalue weighted by molar-refractivity contribution is 7.89. The molecular weight excluding hydrogens is 442 g/mol. The third-order valence-electron chi connectivity index (χ3n) is 6.10. The van der Waals surface area contributed by atoms with Gasteiger partial charge in [-0.25, -0.2) is 13.2 Å². The number of hydrogen-bond acceptors (Lipinski definition) is 5. The Morgan fingerprint density at radius 2 is 1.85 bits per heavy atom. The standard InChI is InChI=1S/C24H29N3O5S/c1-2-12-27-21-9-8-20(16-22(21)32-24(27)29)33(30,31)26-13-10-18(11-14-26)15-23(28)25-17-19-6-4-3-5-7-19/h3-9,16,18H,2,10-15,17H2,1H3,(H,25,28). The monoisotopic (exact) mass is 471 g/mol. The summed E-state index contributed by atoms with van der Waals surface area (Å²) in [6.45, 7) is 3.69. The molecule has 1 aromatic heterocycles. The van der Waals surface area contributed by atoms with E-state index < -0.39 is 15.8 Å². The van der Waals surface area contributed by atoms with Crippen LogP contribution in [-0.2, 0) is 27.9 Å². The molecule has 2 heterocycles. The summed E-state index contributed by atoms with van der Waals surface area (Å²) >= 11 is 0. The molecule has 0 radical (unpaired) electrons. The van der Waals surface area contributed by atoms with E-state index in [1.165, 1.54) is 21.0 Å². The lowest BCUT2D eigenvalue weighted by molar-refractivity contribution is -0.122. The molecule has 1 aliphatic heterocycles. The fraction of sp³-hybridized carbons (Fsp3) is 0.417. The molecule has 176 valence electrons. The molecule has 0 bridgehead atoms. The molecule has 4 rings (SSSR count). The van der Waals surface area contributed by atoms with Gasteiger partial charge in [0.25, 0.3) is 0 Å². The first-order valence-corrected chi connectivity index (χ1v) is 12.8. The third-order valence-corrected chi connectivity index (χ3v) is 8.00. The molecule has 3 aromatic rings. The number of carbonyl (C=O) groups is 1. The van der Waals surface area contributed by atoms with E-state index in [-0.39, 0.29) is 22.3 Å². The first kappa shape index (κ1) is 23.3. The molecule has 1 N–H and O–H groups in total. The minimum Gasteiger partial charge on any atom is -0.408 e. The van der Waals surface area contributed by atoms with E-state index in [9.17, 15) is 18.0 Å². The van der Waals surface area contributed by atoms with E-state index in [2.05, 4.69) is 5.32 Å². The Morgan fingerprint density at radius 3 is 2.55 bits per heavy atom. The Morgan fingerprint density at radius 1 is 1.12 bits per heavy atom. The van der Waals surface area contributed by atoms with Gasteiger partial charge in [0.15, 0.2) is 5.58 Å². The molecule has 0 unspecified atom stereocenters. The van der Waals surface area contributed by atoms with Crippen LogP contribution in [0.2, 0.25) is 0 Å². The van der Waals surface area contributed by atoms with Gasteiger partial charge in [0.1, 0.15) is 0 Å². The second kappa shape index (κ2) is 9.93. The zero-order valence-corrected chi connectivity index (χ0v) is 19.5. The number of nitrogens with zero attached hydrogens (tertiary/aromatic N) is 2. The number of oxazole rings is 1. The lowest BCUT2D eigenvalue weighted by atomic mass is 9.94. The van der Waals surface area contributed by atoms with Crippen molar-refractivity contribution in [3.05, 3.63) is 64.6 Å². The van der Waals surface area contributed by atoms with Crippen molar-refractivity contribution < 1.29 is 17.6 Å². The smallest absolute Gasteiger partial charge is 0.408 e. The van der Waals surface area contributed by atoms with E-state index >= 15 is 0 Å². The predicted molar refractivity (Wildman–Crippen MR) is 125 cm³/mol. The number of sulfonamides is 1. The summed E-state index contributed by atoms with van der Waals surface area (Å²) < 4.78 is 34.5. The molecule has 0 spiro atoms. The van der Waals surface area contributed by atoms with Crippen LogP contribution in [0.25, 0.3) is 11.1 Å². The fourth-order valence-electron chi connectivity index (χ4n) is 4.28. The van der Waals surface area contributed by atoms with Crippen molar-refractivity contribution in [1.82, 2.24) is 14.2 Å². The molecule has 1 fully saturated rings. The number of aromatic nitrogens is 1. The van der Waals surface area contributed by atoms with E-state index in [1.807, 2.05) is 37.3 Å². The summed E-state index contributed by atoms with van der Waals surface area (Å²) in [5, 5.41) is 2.94. The number of amides is 1. The molecule has 0 atom stereocenters. The largest absolute Gasteiger partial charge is 0.419 e. The van der Waals surface area contributed by atoms with Crippen molar-refractivity contribution >= 4 is 27.0 Å². The number of hydrogen-bond donors (Lipinski definition) is 1. The van der Waals surface area contributed by atoms with Crippen LogP contribution in [0.3, 0.4) is 0 Å². The maximum Gasteiger partial charge on any atom is 0.419 e. The molecule has 2 aromatic carbocycles. The van der Waals surface area contributed by atoms with Crippen molar-refractivity contribution in [3.63, 3.8) is 0 Å². The zero-order chi connectivity index (χ0) is 23.4. The lowest BCUT2D eigenvalue weighted by Crippen LogP contribution is -2.39. The minimum absolute atomic E-state index is 0.0165. The van der Waals surface area contributed by atoms with Crippen LogP contribution in [-0.4, -0.2) is 36.3 Å². The molecule has 8 nitrogen and oxygen atoms in total. The van der Waals surface area contributed by atoms with Gasteiger partial charge in [0.2, 0.25) is 15.9 Å². The van der Waals surface area contributed by atoms with E-state index in [0.29, 0.717) is 51.0 Å². The van der Waals surface area contributed by atoms with Gasteiger partial charge >= 0.3 is 5.76 Å². The molecule has 9 heteroatoms. The molecule has 1 saturated heterocycles. The zero-order valence-electron chi connectivity index (χ0n) is 18.7. The van der Waals surface area contributed by atoms with Crippen LogP contribution in [0.4, 0.5) is 0 Å². The molecule has 33 heavy (non-hydrogen) atoms. The molecular formula is C24H29N3O5S. The second-order valence-electron chi connectivity index (χ2n) is 8.46. The van der Waals surface area contributed by atoms with Gasteiger partial charge in [-0.1, -0.05) is 37.3 Å². The summed E-state index contributed by atoms with van der Waals surface area (Å²) in [5.41, 5.74) is 1.92. The first-order chi connectivity index (χ1) is 15.9. The summed E-state index contributed by atoms with van der Waals surface area (Å²) in [7, 11) is -3.71. The number of fused-ring (bicyclic) bond motifs is 1. The number of benzene rings is 2. The Hall–Kier alpha value is -2.91. The average Bonchev–Trinajstić information content (AvgIpc) is 3.13. The highest BCUT2D eigenvalue weighted by Crippen LogP contribution is 2.27. The van der Waals surface area contributed by atoms with Crippen molar-refractivity contribution in [2.75, 3.05) is 13.1 Å². The molecule has 0 saturated carbocycles. The quantitative estimate of drug-likeness (QED) is 0.544.